The van der Waals surface area contributed by atoms with Gasteiger partial charge in [-0.15, -0.1) is 0 Å². The van der Waals surface area contributed by atoms with Gasteiger partial charge in [-0.2, -0.15) is 13.1 Å². The fourth-order valence-electron chi connectivity index (χ4n) is 2.43. The molecule has 1 rings (SSSR count). The Hall–Kier alpha value is 1.07. The molecule has 0 heterocycles. The van der Waals surface area contributed by atoms with E-state index in [0.29, 0.717) is 6.67 Å². The average Bonchev–Trinajstić information content (AvgIpc) is 2.89. The van der Waals surface area contributed by atoms with Crippen LogP contribution in [0, 0.1) is 48.9 Å². The van der Waals surface area contributed by atoms with Crippen LogP contribution in [0.1, 0.15) is 58.8 Å². The molecule has 1 saturated carbocycles. The van der Waals surface area contributed by atoms with Crippen molar-refractivity contribution in [3.63, 3.8) is 0 Å². The van der Waals surface area contributed by atoms with E-state index in [0.717, 1.165) is 19.0 Å². The molecule has 0 aromatic rings. The summed E-state index contributed by atoms with van der Waals surface area (Å²) in [4.78, 5) is 2.29. The first-order valence-corrected chi connectivity index (χ1v) is 8.11. The van der Waals surface area contributed by atoms with Crippen LogP contribution >= 0.6 is 0 Å². The second kappa shape index (κ2) is 21.1. The molecule has 1 aliphatic rings. The molecule has 0 bridgehead atoms. The molecule has 0 aromatic carbocycles. The van der Waals surface area contributed by atoms with Crippen LogP contribution in [-0.4, -0.2) is 45.3 Å². The molecular weight excluding hydrogens is 385 g/mol. The molecule has 3 nitrogen and oxygen atoms in total. The second-order valence-electron chi connectivity index (χ2n) is 5.67. The zero-order valence-electron chi connectivity index (χ0n) is 15.3. The van der Waals surface area contributed by atoms with Gasteiger partial charge in [-0.05, 0) is 33.0 Å². The molecule has 0 spiro atoms. The molecule has 21 heavy (non-hydrogen) atoms. The van der Waals surface area contributed by atoms with E-state index in [9.17, 15) is 0 Å². The molecule has 4 heteroatoms. The third-order valence-corrected chi connectivity index (χ3v) is 3.59. The Morgan fingerprint density at radius 3 is 1.90 bits per heavy atom. The van der Waals surface area contributed by atoms with E-state index < -0.39 is 0 Å². The molecular formula is C17H38LaN3-3. The monoisotopic (exact) mass is 423 g/mol. The number of hydrogen-bond donors (Lipinski definition) is 0. The number of nitrogens with zero attached hydrogens (tertiary/aromatic N) is 3. The van der Waals surface area contributed by atoms with Crippen LogP contribution in [-0.2, 0) is 0 Å². The van der Waals surface area contributed by atoms with Crippen molar-refractivity contribution in [3.05, 3.63) is 18.1 Å². The Morgan fingerprint density at radius 2 is 1.48 bits per heavy atom. The van der Waals surface area contributed by atoms with Crippen molar-refractivity contribution < 1.29 is 35.6 Å². The fourth-order valence-corrected chi connectivity index (χ4v) is 2.43. The largest absolute Gasteiger partial charge is 0.681 e. The Bertz CT molecular complexity index is 167. The van der Waals surface area contributed by atoms with Crippen LogP contribution in [0.15, 0.2) is 0 Å². The maximum absolute atomic E-state index is 3.99. The van der Waals surface area contributed by atoms with Crippen LogP contribution < -0.4 is 0 Å². The molecule has 127 valence electrons. The van der Waals surface area contributed by atoms with Gasteiger partial charge in [-0.3, -0.25) is 6.67 Å². The summed E-state index contributed by atoms with van der Waals surface area (Å²) in [7, 11) is 4.32. The third-order valence-electron chi connectivity index (χ3n) is 3.59. The molecule has 0 saturated heterocycles. The fraction of sp³-hybridized carbons (Fsp3) is 0.941. The summed E-state index contributed by atoms with van der Waals surface area (Å²) in [6.07, 6.45) is 10.4. The summed E-state index contributed by atoms with van der Waals surface area (Å²) in [5.74, 6) is 1.09. The zero-order valence-corrected chi connectivity index (χ0v) is 18.9. The van der Waals surface area contributed by atoms with Crippen LogP contribution in [0.5, 0.6) is 0 Å². The van der Waals surface area contributed by atoms with Crippen molar-refractivity contribution >= 4 is 0 Å². The smallest absolute Gasteiger partial charge is 0 e. The van der Waals surface area contributed by atoms with E-state index in [-0.39, 0.29) is 43.0 Å². The Kier molecular flexibility index (Phi) is 27.0. The van der Waals surface area contributed by atoms with Crippen LogP contribution in [0.3, 0.4) is 0 Å². The minimum absolute atomic E-state index is 0. The maximum atomic E-state index is 3.99. The molecule has 0 atom stereocenters. The van der Waals surface area contributed by atoms with Crippen molar-refractivity contribution in [3.8, 4) is 0 Å². The molecule has 0 N–H and O–H groups in total. The van der Waals surface area contributed by atoms with Crippen molar-refractivity contribution in [2.45, 2.75) is 58.8 Å². The molecule has 0 amide bonds. The molecule has 0 unspecified atom stereocenters. The minimum atomic E-state index is 0. The zero-order chi connectivity index (χ0) is 14.3. The van der Waals surface area contributed by atoms with Gasteiger partial charge in [-0.1, -0.05) is 52.4 Å². The summed E-state index contributed by atoms with van der Waals surface area (Å²) in [5, 5.41) is 7.99. The van der Waals surface area contributed by atoms with Gasteiger partial charge in [0, 0.05) is 35.6 Å². The predicted octanol–water partition coefficient (Wildman–Crippen LogP) is 5.09. The normalized spacial score (nSPS) is 14.1. The first kappa shape index (κ1) is 26.9. The van der Waals surface area contributed by atoms with Gasteiger partial charge >= 0.3 is 0 Å². The van der Waals surface area contributed by atoms with Crippen molar-refractivity contribution in [2.24, 2.45) is 5.92 Å². The van der Waals surface area contributed by atoms with E-state index in [1.165, 1.54) is 51.5 Å². The van der Waals surface area contributed by atoms with E-state index in [4.69, 9.17) is 0 Å². The molecule has 1 radical (unpaired) electrons. The summed E-state index contributed by atoms with van der Waals surface area (Å²) in [6.45, 7) is 7.78. The standard InChI is InChI=1S/C11H23N.C5H12N2.CH3.La/c1-12(2)10-6-5-9-11-7-3-4-8-11;1-3-6-5-7-4-2;;/h11H,3-10H2,1-2H3;3-5H2,1-2H3;1H3;/q;-2;-1;. The average molecular weight is 423 g/mol. The van der Waals surface area contributed by atoms with Crippen LogP contribution in [0.4, 0.5) is 0 Å². The molecule has 1 aliphatic carbocycles. The van der Waals surface area contributed by atoms with Gasteiger partial charge in [0.1, 0.15) is 0 Å². The summed E-state index contributed by atoms with van der Waals surface area (Å²) in [6, 6.07) is 0. The summed E-state index contributed by atoms with van der Waals surface area (Å²) < 4.78 is 0. The Morgan fingerprint density at radius 1 is 0.952 bits per heavy atom. The Balaban J connectivity index is -0.000000317. The second-order valence-corrected chi connectivity index (χ2v) is 5.67. The van der Waals surface area contributed by atoms with Gasteiger partial charge in [0.2, 0.25) is 0 Å². The van der Waals surface area contributed by atoms with E-state index >= 15 is 0 Å². The SMILES string of the molecule is CC[N-]C[N-]CC.CN(C)CCCCC1CCCC1.[CH3-].[La]. The Labute approximate surface area is 163 Å². The molecule has 0 aliphatic heterocycles. The van der Waals surface area contributed by atoms with E-state index in [1.807, 2.05) is 13.8 Å². The third kappa shape index (κ3) is 21.1. The number of hydrogen-bond acceptors (Lipinski definition) is 1. The van der Waals surface area contributed by atoms with Gasteiger partial charge < -0.3 is 23.0 Å². The minimum Gasteiger partial charge on any atom is -0.681 e. The predicted molar refractivity (Wildman–Crippen MR) is 93.4 cm³/mol. The quantitative estimate of drug-likeness (QED) is 0.376. The van der Waals surface area contributed by atoms with Crippen LogP contribution in [0.2, 0.25) is 0 Å². The first-order chi connectivity index (χ1) is 9.20. The van der Waals surface area contributed by atoms with Crippen molar-refractivity contribution in [1.29, 1.82) is 0 Å². The van der Waals surface area contributed by atoms with E-state index in [2.05, 4.69) is 29.6 Å². The van der Waals surface area contributed by atoms with Gasteiger partial charge in [0.15, 0.2) is 0 Å². The van der Waals surface area contributed by atoms with Crippen LogP contribution in [0.25, 0.3) is 10.6 Å². The summed E-state index contributed by atoms with van der Waals surface area (Å²) >= 11 is 0. The maximum Gasteiger partial charge on any atom is 0 e. The van der Waals surface area contributed by atoms with Gasteiger partial charge in [0.05, 0.1) is 0 Å². The molecule has 1 fully saturated rings. The van der Waals surface area contributed by atoms with E-state index in [1.54, 1.807) is 0 Å². The molecule has 0 aromatic heterocycles. The van der Waals surface area contributed by atoms with Crippen molar-refractivity contribution in [1.82, 2.24) is 4.90 Å². The van der Waals surface area contributed by atoms with Gasteiger partial charge in [0.25, 0.3) is 0 Å². The number of unbranched alkanes of at least 4 members (excludes halogenated alkanes) is 1. The topological polar surface area (TPSA) is 31.4 Å². The van der Waals surface area contributed by atoms with Crippen molar-refractivity contribution in [2.75, 3.05) is 40.4 Å². The summed E-state index contributed by atoms with van der Waals surface area (Å²) in [5.41, 5.74) is 0. The number of rotatable bonds is 9. The van der Waals surface area contributed by atoms with Gasteiger partial charge in [-0.25, -0.2) is 0 Å². The first-order valence-electron chi connectivity index (χ1n) is 8.11.